The normalized spacial score (nSPS) is 11.8. The van der Waals surface area contributed by atoms with Gasteiger partial charge < -0.3 is 5.11 Å². The van der Waals surface area contributed by atoms with Crippen LogP contribution in [0.4, 0.5) is 0 Å². The second-order valence-corrected chi connectivity index (χ2v) is 6.67. The first kappa shape index (κ1) is 13.1. The molecule has 0 aliphatic carbocycles. The minimum absolute atomic E-state index is 0.122. The molecule has 0 spiro atoms. The van der Waals surface area contributed by atoms with Gasteiger partial charge in [-0.15, -0.1) is 0 Å². The predicted molar refractivity (Wildman–Crippen MR) is 77.4 cm³/mol. The third-order valence-electron chi connectivity index (χ3n) is 3.11. The summed E-state index contributed by atoms with van der Waals surface area (Å²) in [5.41, 5.74) is 4.43. The first-order valence-corrected chi connectivity index (χ1v) is 6.88. The van der Waals surface area contributed by atoms with Gasteiger partial charge in [0.1, 0.15) is 5.01 Å². The van der Waals surface area contributed by atoms with Crippen LogP contribution in [0.3, 0.4) is 0 Å². The number of hydrogen-bond donors (Lipinski definition) is 1. The van der Waals surface area contributed by atoms with Crippen LogP contribution in [0.15, 0.2) is 18.2 Å². The zero-order valence-electron chi connectivity index (χ0n) is 11.5. The number of aryl methyl sites for hydroxylation is 2. The van der Waals surface area contributed by atoms with Gasteiger partial charge in [0.15, 0.2) is 5.06 Å². The number of rotatable bonds is 1. The summed E-state index contributed by atoms with van der Waals surface area (Å²) in [4.78, 5) is 4.43. The molecule has 0 bridgehead atoms. The molecule has 0 atom stereocenters. The van der Waals surface area contributed by atoms with Gasteiger partial charge in [0, 0.05) is 5.56 Å². The fourth-order valence-corrected chi connectivity index (χ4v) is 2.71. The minimum Gasteiger partial charge on any atom is -0.498 e. The lowest BCUT2D eigenvalue weighted by Crippen LogP contribution is -2.11. The molecule has 18 heavy (non-hydrogen) atoms. The Balaban J connectivity index is 2.56. The quantitative estimate of drug-likeness (QED) is 0.823. The molecule has 1 aromatic heterocycles. The molecule has 0 aliphatic heterocycles. The average molecular weight is 261 g/mol. The van der Waals surface area contributed by atoms with Crippen LogP contribution in [0.5, 0.6) is 5.06 Å². The Bertz CT molecular complexity index is 559. The maximum Gasteiger partial charge on any atom is 0.195 e. The van der Waals surface area contributed by atoms with E-state index in [0.717, 1.165) is 10.6 Å². The number of aromatic hydroxyl groups is 1. The van der Waals surface area contributed by atoms with Crippen LogP contribution in [-0.2, 0) is 5.41 Å². The van der Waals surface area contributed by atoms with Gasteiger partial charge in [0.25, 0.3) is 0 Å². The maximum absolute atomic E-state index is 9.68. The van der Waals surface area contributed by atoms with Crippen LogP contribution in [0.1, 0.15) is 37.6 Å². The van der Waals surface area contributed by atoms with E-state index in [1.165, 1.54) is 22.5 Å². The summed E-state index contributed by atoms with van der Waals surface area (Å²) in [5.74, 6) is 0. The maximum atomic E-state index is 9.68. The highest BCUT2D eigenvalue weighted by Gasteiger charge is 2.17. The van der Waals surface area contributed by atoms with Gasteiger partial charge in [-0.2, -0.15) is 0 Å². The van der Waals surface area contributed by atoms with E-state index in [-0.39, 0.29) is 5.41 Å². The second kappa shape index (κ2) is 4.39. The van der Waals surface area contributed by atoms with E-state index in [4.69, 9.17) is 0 Å². The monoisotopic (exact) mass is 261 g/mol. The Kier molecular flexibility index (Phi) is 3.20. The van der Waals surface area contributed by atoms with Crippen LogP contribution in [0.2, 0.25) is 0 Å². The first-order chi connectivity index (χ1) is 8.29. The number of nitrogens with zero attached hydrogens (tertiary/aromatic N) is 1. The van der Waals surface area contributed by atoms with E-state index < -0.39 is 0 Å². The zero-order chi connectivity index (χ0) is 13.5. The molecule has 1 aromatic carbocycles. The molecule has 1 N–H and O–H groups in total. The van der Waals surface area contributed by atoms with Crippen molar-refractivity contribution < 1.29 is 5.11 Å². The van der Waals surface area contributed by atoms with Gasteiger partial charge in [-0.1, -0.05) is 44.2 Å². The summed E-state index contributed by atoms with van der Waals surface area (Å²) in [7, 11) is 0. The Morgan fingerprint density at radius 3 is 2.33 bits per heavy atom. The first-order valence-electron chi connectivity index (χ1n) is 6.07. The predicted octanol–water partition coefficient (Wildman–Crippen LogP) is 4.43. The molecule has 0 fully saturated rings. The summed E-state index contributed by atoms with van der Waals surface area (Å²) >= 11 is 1.35. The van der Waals surface area contributed by atoms with Crippen molar-refractivity contribution >= 4 is 11.3 Å². The Morgan fingerprint density at radius 2 is 1.83 bits per heavy atom. The molecule has 0 radical (unpaired) electrons. The van der Waals surface area contributed by atoms with Crippen molar-refractivity contribution in [3.63, 3.8) is 0 Å². The number of thiazole rings is 1. The van der Waals surface area contributed by atoms with Gasteiger partial charge in [-0.25, -0.2) is 4.98 Å². The standard InChI is InChI=1S/C15H19NOS/c1-9-6-7-11(15(3,4)5)8-12(9)13-16-10(2)14(17)18-13/h6-8,17H,1-5H3. The lowest BCUT2D eigenvalue weighted by Gasteiger charge is -2.20. The highest BCUT2D eigenvalue weighted by Crippen LogP contribution is 2.36. The van der Waals surface area contributed by atoms with E-state index in [1.54, 1.807) is 0 Å². The molecule has 1 heterocycles. The third-order valence-corrected chi connectivity index (χ3v) is 4.10. The van der Waals surface area contributed by atoms with E-state index in [0.29, 0.717) is 10.8 Å². The van der Waals surface area contributed by atoms with Gasteiger partial charge in [0.2, 0.25) is 0 Å². The highest BCUT2D eigenvalue weighted by atomic mass is 32.1. The average Bonchev–Trinajstić information content (AvgIpc) is 2.58. The second-order valence-electron chi connectivity index (χ2n) is 5.69. The largest absolute Gasteiger partial charge is 0.498 e. The van der Waals surface area contributed by atoms with E-state index in [9.17, 15) is 5.11 Å². The van der Waals surface area contributed by atoms with Crippen molar-refractivity contribution in [3.8, 4) is 15.6 Å². The van der Waals surface area contributed by atoms with Crippen LogP contribution < -0.4 is 0 Å². The van der Waals surface area contributed by atoms with Crippen molar-refractivity contribution in [1.29, 1.82) is 0 Å². The molecule has 2 nitrogen and oxygen atoms in total. The van der Waals surface area contributed by atoms with Crippen molar-refractivity contribution in [2.45, 2.75) is 40.0 Å². The molecular weight excluding hydrogens is 242 g/mol. The molecule has 96 valence electrons. The van der Waals surface area contributed by atoms with Crippen LogP contribution >= 0.6 is 11.3 Å². The van der Waals surface area contributed by atoms with Crippen LogP contribution in [0, 0.1) is 13.8 Å². The Morgan fingerprint density at radius 1 is 1.17 bits per heavy atom. The molecule has 0 saturated carbocycles. The summed E-state index contributed by atoms with van der Waals surface area (Å²) in [6, 6.07) is 6.48. The molecule has 2 rings (SSSR count). The van der Waals surface area contributed by atoms with Gasteiger partial charge in [-0.3, -0.25) is 0 Å². The topological polar surface area (TPSA) is 33.1 Å². The zero-order valence-corrected chi connectivity index (χ0v) is 12.4. The van der Waals surface area contributed by atoms with E-state index >= 15 is 0 Å². The SMILES string of the molecule is Cc1ccc(C(C)(C)C)cc1-c1nc(C)c(O)s1. The van der Waals surface area contributed by atoms with Gasteiger partial charge in [0.05, 0.1) is 5.69 Å². The molecule has 0 aliphatic rings. The van der Waals surface area contributed by atoms with Crippen LogP contribution in [-0.4, -0.2) is 10.1 Å². The molecule has 0 unspecified atom stereocenters. The smallest absolute Gasteiger partial charge is 0.195 e. The number of hydrogen-bond acceptors (Lipinski definition) is 3. The molecule has 0 saturated heterocycles. The number of benzene rings is 1. The van der Waals surface area contributed by atoms with Crippen molar-refractivity contribution in [1.82, 2.24) is 4.98 Å². The van der Waals surface area contributed by atoms with Gasteiger partial charge in [-0.05, 0) is 36.5 Å². The highest BCUT2D eigenvalue weighted by molar-refractivity contribution is 7.16. The van der Waals surface area contributed by atoms with E-state index in [2.05, 4.69) is 50.9 Å². The fourth-order valence-electron chi connectivity index (χ4n) is 1.82. The number of aromatic nitrogens is 1. The van der Waals surface area contributed by atoms with Crippen molar-refractivity contribution in [3.05, 3.63) is 35.0 Å². The fraction of sp³-hybridized carbons (Fsp3) is 0.400. The van der Waals surface area contributed by atoms with Crippen molar-refractivity contribution in [2.24, 2.45) is 0 Å². The molecule has 0 amide bonds. The Hall–Kier alpha value is -1.35. The lowest BCUT2D eigenvalue weighted by molar-refractivity contribution is 0.485. The minimum atomic E-state index is 0.122. The van der Waals surface area contributed by atoms with E-state index in [1.807, 2.05) is 6.92 Å². The van der Waals surface area contributed by atoms with Gasteiger partial charge >= 0.3 is 0 Å². The summed E-state index contributed by atoms with van der Waals surface area (Å²) in [5, 5.41) is 10.9. The summed E-state index contributed by atoms with van der Waals surface area (Å²) in [6.07, 6.45) is 0. The molecule has 2 aromatic rings. The third kappa shape index (κ3) is 2.41. The van der Waals surface area contributed by atoms with Crippen molar-refractivity contribution in [2.75, 3.05) is 0 Å². The molecular formula is C15H19NOS. The summed E-state index contributed by atoms with van der Waals surface area (Å²) < 4.78 is 0. The summed E-state index contributed by atoms with van der Waals surface area (Å²) in [6.45, 7) is 10.5. The van der Waals surface area contributed by atoms with Crippen LogP contribution in [0.25, 0.3) is 10.6 Å². The molecule has 3 heteroatoms. The Labute approximate surface area is 112 Å². The lowest BCUT2D eigenvalue weighted by atomic mass is 9.85.